The molecular weight excluding hydrogens is 276 g/mol. The third kappa shape index (κ3) is 3.13. The fourth-order valence-corrected chi connectivity index (χ4v) is 3.22. The van der Waals surface area contributed by atoms with Crippen molar-refractivity contribution in [2.75, 3.05) is 6.61 Å². The van der Waals surface area contributed by atoms with E-state index in [4.69, 9.17) is 4.74 Å². The zero-order valence-corrected chi connectivity index (χ0v) is 10.8. The fourth-order valence-electron chi connectivity index (χ4n) is 1.73. The number of rotatable bonds is 3. The van der Waals surface area contributed by atoms with Crippen molar-refractivity contribution in [2.45, 2.75) is 31.8 Å². The summed E-state index contributed by atoms with van der Waals surface area (Å²) in [5.41, 5.74) is 0. The van der Waals surface area contributed by atoms with Crippen LogP contribution >= 0.6 is 27.3 Å². The Morgan fingerprint density at radius 1 is 1.53 bits per heavy atom. The number of hydrogen-bond donors (Lipinski definition) is 0. The van der Waals surface area contributed by atoms with Crippen molar-refractivity contribution in [3.8, 4) is 0 Å². The van der Waals surface area contributed by atoms with Gasteiger partial charge in [-0.2, -0.15) is 0 Å². The van der Waals surface area contributed by atoms with Crippen LogP contribution in [0.4, 0.5) is 0 Å². The smallest absolute Gasteiger partial charge is 0.166 e. The predicted molar refractivity (Wildman–Crippen MR) is 64.3 cm³/mol. The van der Waals surface area contributed by atoms with Crippen LogP contribution in [0.15, 0.2) is 15.9 Å². The van der Waals surface area contributed by atoms with Crippen LogP contribution in [-0.2, 0) is 16.0 Å². The molecule has 0 N–H and O–H groups in total. The highest BCUT2D eigenvalue weighted by molar-refractivity contribution is 9.11. The normalized spacial score (nSPS) is 21.5. The molecule has 0 bridgehead atoms. The maximum absolute atomic E-state index is 11.8. The van der Waals surface area contributed by atoms with E-state index in [1.165, 1.54) is 0 Å². The highest BCUT2D eigenvalue weighted by Gasteiger charge is 2.22. The second-order valence-electron chi connectivity index (χ2n) is 3.70. The van der Waals surface area contributed by atoms with E-state index in [1.807, 2.05) is 12.1 Å². The Balaban J connectivity index is 1.91. The van der Waals surface area contributed by atoms with Gasteiger partial charge in [0.1, 0.15) is 6.10 Å². The van der Waals surface area contributed by atoms with Gasteiger partial charge in [-0.15, -0.1) is 11.3 Å². The van der Waals surface area contributed by atoms with E-state index in [1.54, 1.807) is 11.3 Å². The Labute approximate surface area is 102 Å². The molecule has 0 saturated carbocycles. The lowest BCUT2D eigenvalue weighted by molar-refractivity contribution is -0.132. The number of thiophene rings is 1. The molecule has 1 aliphatic heterocycles. The van der Waals surface area contributed by atoms with Crippen LogP contribution in [0.1, 0.15) is 24.1 Å². The van der Waals surface area contributed by atoms with Crippen LogP contribution in [-0.4, -0.2) is 18.5 Å². The lowest BCUT2D eigenvalue weighted by Gasteiger charge is -2.20. The van der Waals surface area contributed by atoms with E-state index in [0.29, 0.717) is 6.42 Å². The molecule has 1 atom stereocenters. The molecular formula is C11H13BrO2S. The van der Waals surface area contributed by atoms with Crippen molar-refractivity contribution in [3.05, 3.63) is 20.8 Å². The van der Waals surface area contributed by atoms with Crippen LogP contribution in [0.3, 0.4) is 0 Å². The Bertz CT molecular complexity index is 342. The van der Waals surface area contributed by atoms with Crippen molar-refractivity contribution < 1.29 is 9.53 Å². The average Bonchev–Trinajstić information content (AvgIpc) is 2.65. The molecule has 4 heteroatoms. The minimum Gasteiger partial charge on any atom is -0.370 e. The molecule has 1 fully saturated rings. The number of carbonyl (C=O) groups excluding carboxylic acids is 1. The SMILES string of the molecule is O=C(Cc1ccc(Br)s1)C1CCCCO1. The Kier molecular flexibility index (Phi) is 3.94. The molecule has 0 amide bonds. The lowest BCUT2D eigenvalue weighted by Crippen LogP contribution is -2.29. The highest BCUT2D eigenvalue weighted by atomic mass is 79.9. The molecule has 2 heterocycles. The van der Waals surface area contributed by atoms with E-state index in [0.717, 1.165) is 34.5 Å². The summed E-state index contributed by atoms with van der Waals surface area (Å²) in [7, 11) is 0. The van der Waals surface area contributed by atoms with Gasteiger partial charge in [-0.05, 0) is 47.3 Å². The van der Waals surface area contributed by atoms with Crippen LogP contribution in [0.2, 0.25) is 0 Å². The van der Waals surface area contributed by atoms with Gasteiger partial charge < -0.3 is 4.74 Å². The Morgan fingerprint density at radius 2 is 2.40 bits per heavy atom. The first-order valence-electron chi connectivity index (χ1n) is 5.14. The zero-order valence-electron chi connectivity index (χ0n) is 8.37. The number of carbonyl (C=O) groups is 1. The first-order chi connectivity index (χ1) is 7.25. The molecule has 0 aromatic carbocycles. The third-order valence-electron chi connectivity index (χ3n) is 2.52. The Morgan fingerprint density at radius 3 is 3.00 bits per heavy atom. The maximum atomic E-state index is 11.8. The van der Waals surface area contributed by atoms with Crippen LogP contribution in [0, 0.1) is 0 Å². The number of hydrogen-bond acceptors (Lipinski definition) is 3. The van der Waals surface area contributed by atoms with Gasteiger partial charge in [-0.1, -0.05) is 0 Å². The average molecular weight is 289 g/mol. The standard InChI is InChI=1S/C11H13BrO2S/c12-11-5-4-8(15-11)7-9(13)10-3-1-2-6-14-10/h4-5,10H,1-3,6-7H2. The lowest BCUT2D eigenvalue weighted by atomic mass is 10.0. The van der Waals surface area contributed by atoms with Gasteiger partial charge in [0.15, 0.2) is 5.78 Å². The van der Waals surface area contributed by atoms with Gasteiger partial charge in [0.25, 0.3) is 0 Å². The van der Waals surface area contributed by atoms with E-state index >= 15 is 0 Å². The van der Waals surface area contributed by atoms with Gasteiger partial charge in [0, 0.05) is 17.9 Å². The largest absolute Gasteiger partial charge is 0.370 e. The first-order valence-corrected chi connectivity index (χ1v) is 6.75. The monoisotopic (exact) mass is 288 g/mol. The molecule has 1 unspecified atom stereocenters. The highest BCUT2D eigenvalue weighted by Crippen LogP contribution is 2.24. The number of ketones is 1. The molecule has 2 nitrogen and oxygen atoms in total. The minimum atomic E-state index is -0.153. The van der Waals surface area contributed by atoms with Gasteiger partial charge in [-0.25, -0.2) is 0 Å². The first kappa shape index (κ1) is 11.3. The van der Waals surface area contributed by atoms with Gasteiger partial charge in [0.2, 0.25) is 0 Å². The molecule has 2 rings (SSSR count). The van der Waals surface area contributed by atoms with Crippen LogP contribution < -0.4 is 0 Å². The summed E-state index contributed by atoms with van der Waals surface area (Å²) in [6, 6.07) is 3.98. The topological polar surface area (TPSA) is 26.3 Å². The van der Waals surface area contributed by atoms with E-state index < -0.39 is 0 Å². The van der Waals surface area contributed by atoms with Crippen molar-refractivity contribution in [3.63, 3.8) is 0 Å². The van der Waals surface area contributed by atoms with E-state index in [2.05, 4.69) is 15.9 Å². The molecule has 1 saturated heterocycles. The number of halogens is 1. The molecule has 1 aromatic heterocycles. The van der Waals surface area contributed by atoms with Crippen LogP contribution in [0.5, 0.6) is 0 Å². The van der Waals surface area contributed by atoms with Gasteiger partial charge in [0.05, 0.1) is 3.79 Å². The molecule has 0 spiro atoms. The summed E-state index contributed by atoms with van der Waals surface area (Å²) in [4.78, 5) is 13.0. The van der Waals surface area contributed by atoms with Crippen molar-refractivity contribution in [1.29, 1.82) is 0 Å². The van der Waals surface area contributed by atoms with Crippen molar-refractivity contribution >= 4 is 33.0 Å². The third-order valence-corrected chi connectivity index (χ3v) is 4.14. The van der Waals surface area contributed by atoms with Crippen LogP contribution in [0.25, 0.3) is 0 Å². The summed E-state index contributed by atoms with van der Waals surface area (Å²) in [6.45, 7) is 0.741. The number of Topliss-reactive ketones (excluding diaryl/α,β-unsaturated/α-hetero) is 1. The van der Waals surface area contributed by atoms with E-state index in [9.17, 15) is 4.79 Å². The van der Waals surface area contributed by atoms with Gasteiger partial charge >= 0.3 is 0 Å². The van der Waals surface area contributed by atoms with E-state index in [-0.39, 0.29) is 11.9 Å². The fraction of sp³-hybridized carbons (Fsp3) is 0.545. The predicted octanol–water partition coefficient (Wildman–Crippen LogP) is 3.19. The second kappa shape index (κ2) is 5.23. The molecule has 15 heavy (non-hydrogen) atoms. The Hall–Kier alpha value is -0.190. The summed E-state index contributed by atoms with van der Waals surface area (Å²) in [5.74, 6) is 0.226. The second-order valence-corrected chi connectivity index (χ2v) is 6.25. The van der Waals surface area contributed by atoms with Crippen molar-refractivity contribution in [1.82, 2.24) is 0 Å². The quantitative estimate of drug-likeness (QED) is 0.854. The molecule has 1 aromatic rings. The molecule has 0 aliphatic carbocycles. The summed E-state index contributed by atoms with van der Waals surface area (Å²) >= 11 is 5.01. The maximum Gasteiger partial charge on any atom is 0.166 e. The summed E-state index contributed by atoms with van der Waals surface area (Å²) < 4.78 is 6.54. The molecule has 1 aliphatic rings. The zero-order chi connectivity index (χ0) is 10.7. The summed E-state index contributed by atoms with van der Waals surface area (Å²) in [6.07, 6.45) is 3.46. The van der Waals surface area contributed by atoms with Crippen molar-refractivity contribution in [2.24, 2.45) is 0 Å². The summed E-state index contributed by atoms with van der Waals surface area (Å²) in [5, 5.41) is 0. The molecule has 82 valence electrons. The van der Waals surface area contributed by atoms with Gasteiger partial charge in [-0.3, -0.25) is 4.79 Å². The minimum absolute atomic E-state index is 0.153. The molecule has 0 radical (unpaired) electrons. The number of ether oxygens (including phenoxy) is 1.